The Morgan fingerprint density at radius 1 is 1.42 bits per heavy atom. The minimum absolute atomic E-state index is 0.0545. The molecule has 128 valence electrons. The highest BCUT2D eigenvalue weighted by molar-refractivity contribution is 7.90. The Hall–Kier alpha value is -1.77. The van der Waals surface area contributed by atoms with E-state index in [4.69, 9.17) is 11.6 Å². The van der Waals surface area contributed by atoms with Gasteiger partial charge in [-0.15, -0.1) is 0 Å². The van der Waals surface area contributed by atoms with Gasteiger partial charge in [0, 0.05) is 31.5 Å². The summed E-state index contributed by atoms with van der Waals surface area (Å²) in [5, 5.41) is -0.267. The summed E-state index contributed by atoms with van der Waals surface area (Å²) in [5.74, 6) is -0.476. The Bertz CT molecular complexity index is 959. The van der Waals surface area contributed by atoms with Gasteiger partial charge in [0.15, 0.2) is 0 Å². The van der Waals surface area contributed by atoms with E-state index in [0.717, 1.165) is 11.8 Å². The molecule has 1 aliphatic rings. The molecule has 0 unspecified atom stereocenters. The Labute approximate surface area is 143 Å². The van der Waals surface area contributed by atoms with Gasteiger partial charge in [-0.25, -0.2) is 17.8 Å². The SMILES string of the molecule is CS(=O)(=O)c1nc2c(c(=O)[nH]1)CCN(Cc1ccc(F)c(Cl)c1)C2. The summed E-state index contributed by atoms with van der Waals surface area (Å²) < 4.78 is 36.5. The third kappa shape index (κ3) is 3.50. The van der Waals surface area contributed by atoms with Crippen molar-refractivity contribution in [2.45, 2.75) is 24.7 Å². The zero-order valence-corrected chi connectivity index (χ0v) is 14.4. The van der Waals surface area contributed by atoms with E-state index in [1.807, 2.05) is 4.90 Å². The van der Waals surface area contributed by atoms with Gasteiger partial charge >= 0.3 is 0 Å². The Kier molecular flexibility index (Phi) is 4.46. The predicted octanol–water partition coefficient (Wildman–Crippen LogP) is 1.52. The van der Waals surface area contributed by atoms with Gasteiger partial charge in [0.2, 0.25) is 15.0 Å². The molecule has 0 radical (unpaired) electrons. The molecule has 9 heteroatoms. The Balaban J connectivity index is 1.87. The van der Waals surface area contributed by atoms with Crippen LogP contribution in [0.5, 0.6) is 0 Å². The molecule has 3 rings (SSSR count). The van der Waals surface area contributed by atoms with Crippen LogP contribution in [0.3, 0.4) is 0 Å². The number of fused-ring (bicyclic) bond motifs is 1. The van der Waals surface area contributed by atoms with E-state index in [1.165, 1.54) is 6.07 Å². The molecule has 0 saturated heterocycles. The maximum absolute atomic E-state index is 13.2. The molecular formula is C15H15ClFN3O3S. The zero-order valence-electron chi connectivity index (χ0n) is 12.8. The summed E-state index contributed by atoms with van der Waals surface area (Å²) in [7, 11) is -3.59. The van der Waals surface area contributed by atoms with Gasteiger partial charge in [-0.2, -0.15) is 0 Å². The molecule has 0 saturated carbocycles. The summed E-state index contributed by atoms with van der Waals surface area (Å²) in [6.45, 7) is 1.46. The number of benzene rings is 1. The fraction of sp³-hybridized carbons (Fsp3) is 0.333. The second kappa shape index (κ2) is 6.27. The van der Waals surface area contributed by atoms with Crippen LogP contribution in [0.2, 0.25) is 5.02 Å². The van der Waals surface area contributed by atoms with Crippen LogP contribution in [-0.4, -0.2) is 36.1 Å². The smallest absolute Gasteiger partial charge is 0.255 e. The third-order valence-corrected chi connectivity index (χ3v) is 5.06. The van der Waals surface area contributed by atoms with Crippen LogP contribution >= 0.6 is 11.6 Å². The Morgan fingerprint density at radius 2 is 2.17 bits per heavy atom. The zero-order chi connectivity index (χ0) is 17.5. The van der Waals surface area contributed by atoms with Crippen molar-refractivity contribution in [1.82, 2.24) is 14.9 Å². The first-order valence-corrected chi connectivity index (χ1v) is 9.49. The average molecular weight is 372 g/mol. The third-order valence-electron chi connectivity index (χ3n) is 3.87. The van der Waals surface area contributed by atoms with E-state index in [2.05, 4.69) is 9.97 Å². The lowest BCUT2D eigenvalue weighted by atomic mass is 10.1. The first-order valence-electron chi connectivity index (χ1n) is 7.22. The minimum atomic E-state index is -3.59. The molecule has 6 nitrogen and oxygen atoms in total. The summed E-state index contributed by atoms with van der Waals surface area (Å²) in [5.41, 5.74) is 1.39. The van der Waals surface area contributed by atoms with Crippen molar-refractivity contribution in [3.05, 3.63) is 56.2 Å². The van der Waals surface area contributed by atoms with Gasteiger partial charge in [-0.3, -0.25) is 14.7 Å². The lowest BCUT2D eigenvalue weighted by Gasteiger charge is -2.27. The summed E-state index contributed by atoms with van der Waals surface area (Å²) in [4.78, 5) is 20.5. The molecule has 1 aliphatic heterocycles. The van der Waals surface area contributed by atoms with Crippen molar-refractivity contribution in [3.63, 3.8) is 0 Å². The van der Waals surface area contributed by atoms with Crippen LogP contribution in [0.15, 0.2) is 28.2 Å². The normalized spacial score (nSPS) is 15.3. The van der Waals surface area contributed by atoms with E-state index in [9.17, 15) is 17.6 Å². The molecule has 0 bridgehead atoms. The number of nitrogens with zero attached hydrogens (tertiary/aromatic N) is 2. The topological polar surface area (TPSA) is 83.1 Å². The molecule has 0 amide bonds. The van der Waals surface area contributed by atoms with Gasteiger partial charge < -0.3 is 0 Å². The first-order chi connectivity index (χ1) is 11.2. The lowest BCUT2D eigenvalue weighted by Crippen LogP contribution is -2.35. The van der Waals surface area contributed by atoms with E-state index in [1.54, 1.807) is 12.1 Å². The largest absolute Gasteiger partial charge is 0.297 e. The summed E-state index contributed by atoms with van der Waals surface area (Å²) >= 11 is 5.79. The fourth-order valence-electron chi connectivity index (χ4n) is 2.68. The molecule has 0 spiro atoms. The highest BCUT2D eigenvalue weighted by atomic mass is 35.5. The van der Waals surface area contributed by atoms with E-state index < -0.39 is 21.2 Å². The monoisotopic (exact) mass is 371 g/mol. The van der Waals surface area contributed by atoms with Crippen LogP contribution in [-0.2, 0) is 29.3 Å². The minimum Gasteiger partial charge on any atom is -0.297 e. The van der Waals surface area contributed by atoms with E-state index >= 15 is 0 Å². The van der Waals surface area contributed by atoms with Crippen LogP contribution in [0.1, 0.15) is 16.8 Å². The van der Waals surface area contributed by atoms with Crippen molar-refractivity contribution < 1.29 is 12.8 Å². The number of H-pyrrole nitrogens is 1. The average Bonchev–Trinajstić information content (AvgIpc) is 2.50. The lowest BCUT2D eigenvalue weighted by molar-refractivity contribution is 0.239. The number of rotatable bonds is 3. The number of hydrogen-bond donors (Lipinski definition) is 1. The number of nitrogens with one attached hydrogen (secondary N) is 1. The second-order valence-corrected chi connectivity index (χ2v) is 8.12. The van der Waals surface area contributed by atoms with Crippen molar-refractivity contribution in [2.24, 2.45) is 0 Å². The fourth-order valence-corrected chi connectivity index (χ4v) is 3.44. The van der Waals surface area contributed by atoms with Crippen LogP contribution in [0, 0.1) is 5.82 Å². The number of sulfone groups is 1. The van der Waals surface area contributed by atoms with Crippen LogP contribution in [0.25, 0.3) is 0 Å². The van der Waals surface area contributed by atoms with Crippen molar-refractivity contribution in [3.8, 4) is 0 Å². The van der Waals surface area contributed by atoms with E-state index in [0.29, 0.717) is 37.3 Å². The summed E-state index contributed by atoms with van der Waals surface area (Å²) in [6.07, 6.45) is 1.47. The molecular weight excluding hydrogens is 357 g/mol. The van der Waals surface area contributed by atoms with Gasteiger partial charge in [-0.05, 0) is 24.1 Å². The highest BCUT2D eigenvalue weighted by Crippen LogP contribution is 2.20. The van der Waals surface area contributed by atoms with Gasteiger partial charge in [-0.1, -0.05) is 17.7 Å². The molecule has 0 atom stereocenters. The molecule has 1 N–H and O–H groups in total. The molecule has 0 aliphatic carbocycles. The second-order valence-electron chi connectivity index (χ2n) is 5.78. The van der Waals surface area contributed by atoms with Gasteiger partial charge in [0.25, 0.3) is 5.56 Å². The van der Waals surface area contributed by atoms with Crippen molar-refractivity contribution in [2.75, 3.05) is 12.8 Å². The van der Waals surface area contributed by atoms with Gasteiger partial charge in [0.1, 0.15) is 5.82 Å². The van der Waals surface area contributed by atoms with Crippen LogP contribution in [0.4, 0.5) is 4.39 Å². The molecule has 0 fully saturated rings. The van der Waals surface area contributed by atoms with E-state index in [-0.39, 0.29) is 10.2 Å². The summed E-state index contributed by atoms with van der Waals surface area (Å²) in [6, 6.07) is 4.50. The molecule has 2 aromatic rings. The maximum Gasteiger partial charge on any atom is 0.255 e. The molecule has 24 heavy (non-hydrogen) atoms. The molecule has 2 heterocycles. The number of aromatic amines is 1. The number of halogens is 2. The highest BCUT2D eigenvalue weighted by Gasteiger charge is 2.23. The first kappa shape index (κ1) is 17.1. The number of aromatic nitrogens is 2. The van der Waals surface area contributed by atoms with Gasteiger partial charge in [0.05, 0.1) is 10.7 Å². The predicted molar refractivity (Wildman–Crippen MR) is 87.2 cm³/mol. The maximum atomic E-state index is 13.2. The molecule has 1 aromatic carbocycles. The Morgan fingerprint density at radius 3 is 2.83 bits per heavy atom. The van der Waals surface area contributed by atoms with Crippen molar-refractivity contribution in [1.29, 1.82) is 0 Å². The van der Waals surface area contributed by atoms with Crippen molar-refractivity contribution >= 4 is 21.4 Å². The number of hydrogen-bond acceptors (Lipinski definition) is 5. The quantitative estimate of drug-likeness (QED) is 0.827. The molecule has 1 aromatic heterocycles. The standard InChI is InChI=1S/C15H15ClFN3O3S/c1-24(22,23)15-18-13-8-20(5-4-10(13)14(21)19-15)7-9-2-3-12(17)11(16)6-9/h2-3,6H,4-5,7-8H2,1H3,(H,18,19,21). The van der Waals surface area contributed by atoms with Crippen LogP contribution < -0.4 is 5.56 Å².